The standard InChI is InChI=1S/C15H22N2O/c1-11-5-6-13(12(9-11)10-16)17-14(7-8-18)15(2,3)4/h5-6,9,14,17-18H,7-8H2,1-4H3. The second-order valence-electron chi connectivity index (χ2n) is 5.74. The summed E-state index contributed by atoms with van der Waals surface area (Å²) in [5, 5.41) is 21.7. The molecule has 18 heavy (non-hydrogen) atoms. The molecule has 1 unspecified atom stereocenters. The van der Waals surface area contributed by atoms with Gasteiger partial charge in [-0.1, -0.05) is 26.8 Å². The minimum Gasteiger partial charge on any atom is -0.396 e. The molecule has 0 fully saturated rings. The van der Waals surface area contributed by atoms with E-state index < -0.39 is 0 Å². The number of nitrogens with zero attached hydrogens (tertiary/aromatic N) is 1. The van der Waals surface area contributed by atoms with E-state index in [1.165, 1.54) is 0 Å². The number of aliphatic hydroxyl groups excluding tert-OH is 1. The van der Waals surface area contributed by atoms with E-state index in [1.807, 2.05) is 25.1 Å². The minimum absolute atomic E-state index is 0.0281. The van der Waals surface area contributed by atoms with Crippen LogP contribution in [0.3, 0.4) is 0 Å². The Bertz CT molecular complexity index is 441. The highest BCUT2D eigenvalue weighted by atomic mass is 16.3. The lowest BCUT2D eigenvalue weighted by atomic mass is 9.84. The molecular formula is C15H22N2O. The summed E-state index contributed by atoms with van der Waals surface area (Å²) >= 11 is 0. The van der Waals surface area contributed by atoms with Gasteiger partial charge in [-0.15, -0.1) is 0 Å². The number of nitriles is 1. The molecule has 0 aliphatic heterocycles. The lowest BCUT2D eigenvalue weighted by molar-refractivity contribution is 0.235. The molecule has 0 saturated heterocycles. The normalized spacial score (nSPS) is 12.9. The van der Waals surface area contributed by atoms with Crippen molar-refractivity contribution < 1.29 is 5.11 Å². The highest BCUT2D eigenvalue weighted by Crippen LogP contribution is 2.27. The van der Waals surface area contributed by atoms with E-state index in [9.17, 15) is 0 Å². The summed E-state index contributed by atoms with van der Waals surface area (Å²) < 4.78 is 0. The Morgan fingerprint density at radius 2 is 2.06 bits per heavy atom. The van der Waals surface area contributed by atoms with Crippen molar-refractivity contribution in [1.82, 2.24) is 0 Å². The molecule has 1 atom stereocenters. The molecule has 1 aromatic rings. The van der Waals surface area contributed by atoms with Crippen molar-refractivity contribution in [3.63, 3.8) is 0 Å². The van der Waals surface area contributed by atoms with E-state index in [0.717, 1.165) is 11.3 Å². The average Bonchev–Trinajstić information content (AvgIpc) is 2.29. The first-order valence-electron chi connectivity index (χ1n) is 6.26. The Morgan fingerprint density at radius 3 is 2.56 bits per heavy atom. The van der Waals surface area contributed by atoms with Crippen molar-refractivity contribution in [3.05, 3.63) is 29.3 Å². The van der Waals surface area contributed by atoms with Crippen LogP contribution in [0.25, 0.3) is 0 Å². The van der Waals surface area contributed by atoms with Gasteiger partial charge in [-0.25, -0.2) is 0 Å². The number of benzene rings is 1. The van der Waals surface area contributed by atoms with Crippen LogP contribution >= 0.6 is 0 Å². The van der Waals surface area contributed by atoms with Gasteiger partial charge in [0, 0.05) is 12.6 Å². The molecule has 2 N–H and O–H groups in total. The fraction of sp³-hybridized carbons (Fsp3) is 0.533. The van der Waals surface area contributed by atoms with Gasteiger partial charge in [0.1, 0.15) is 6.07 Å². The van der Waals surface area contributed by atoms with Crippen LogP contribution in [0.2, 0.25) is 0 Å². The van der Waals surface area contributed by atoms with Crippen molar-refractivity contribution in [2.24, 2.45) is 5.41 Å². The summed E-state index contributed by atoms with van der Waals surface area (Å²) in [4.78, 5) is 0. The second-order valence-corrected chi connectivity index (χ2v) is 5.74. The molecule has 0 bridgehead atoms. The third kappa shape index (κ3) is 3.75. The van der Waals surface area contributed by atoms with E-state index in [-0.39, 0.29) is 18.1 Å². The zero-order valence-electron chi connectivity index (χ0n) is 11.6. The van der Waals surface area contributed by atoms with Gasteiger partial charge in [-0.05, 0) is 36.5 Å². The Balaban J connectivity index is 2.98. The maximum atomic E-state index is 9.15. The van der Waals surface area contributed by atoms with Crippen LogP contribution in [-0.2, 0) is 0 Å². The molecule has 1 rings (SSSR count). The van der Waals surface area contributed by atoms with E-state index >= 15 is 0 Å². The van der Waals surface area contributed by atoms with E-state index in [4.69, 9.17) is 10.4 Å². The van der Waals surface area contributed by atoms with Crippen LogP contribution in [0.4, 0.5) is 5.69 Å². The van der Waals surface area contributed by atoms with Crippen LogP contribution in [0.1, 0.15) is 38.3 Å². The summed E-state index contributed by atoms with van der Waals surface area (Å²) in [6.45, 7) is 8.49. The molecule has 98 valence electrons. The Morgan fingerprint density at radius 1 is 1.39 bits per heavy atom. The number of nitrogens with one attached hydrogen (secondary N) is 1. The van der Waals surface area contributed by atoms with Crippen molar-refractivity contribution in [2.45, 2.75) is 40.2 Å². The van der Waals surface area contributed by atoms with Gasteiger partial charge in [-0.3, -0.25) is 0 Å². The maximum Gasteiger partial charge on any atom is 0.101 e. The molecular weight excluding hydrogens is 224 g/mol. The smallest absolute Gasteiger partial charge is 0.101 e. The van der Waals surface area contributed by atoms with E-state index in [2.05, 4.69) is 32.2 Å². The lowest BCUT2D eigenvalue weighted by Gasteiger charge is -2.32. The highest BCUT2D eigenvalue weighted by molar-refractivity contribution is 5.59. The fourth-order valence-corrected chi connectivity index (χ4v) is 1.91. The monoisotopic (exact) mass is 246 g/mol. The molecule has 3 heteroatoms. The molecule has 0 heterocycles. The third-order valence-corrected chi connectivity index (χ3v) is 3.09. The average molecular weight is 246 g/mol. The molecule has 1 aromatic carbocycles. The number of aryl methyl sites for hydroxylation is 1. The lowest BCUT2D eigenvalue weighted by Crippen LogP contribution is -2.35. The largest absolute Gasteiger partial charge is 0.396 e. The summed E-state index contributed by atoms with van der Waals surface area (Å²) in [6, 6.07) is 8.15. The van der Waals surface area contributed by atoms with Gasteiger partial charge in [0.25, 0.3) is 0 Å². The molecule has 3 nitrogen and oxygen atoms in total. The predicted octanol–water partition coefficient (Wildman–Crippen LogP) is 3.08. The number of hydrogen-bond acceptors (Lipinski definition) is 3. The molecule has 0 radical (unpaired) electrons. The molecule has 0 amide bonds. The summed E-state index contributed by atoms with van der Waals surface area (Å²) in [5.41, 5.74) is 2.60. The predicted molar refractivity (Wildman–Crippen MR) is 74.5 cm³/mol. The van der Waals surface area contributed by atoms with Crippen molar-refractivity contribution in [1.29, 1.82) is 5.26 Å². The SMILES string of the molecule is Cc1ccc(NC(CCO)C(C)(C)C)c(C#N)c1. The van der Waals surface area contributed by atoms with Gasteiger partial charge >= 0.3 is 0 Å². The van der Waals surface area contributed by atoms with Crippen LogP contribution in [0.5, 0.6) is 0 Å². The number of anilines is 1. The molecule has 0 spiro atoms. The van der Waals surface area contributed by atoms with Crippen molar-refractivity contribution in [3.8, 4) is 6.07 Å². The van der Waals surface area contributed by atoms with Gasteiger partial charge < -0.3 is 10.4 Å². The number of aliphatic hydroxyl groups is 1. The van der Waals surface area contributed by atoms with Crippen LogP contribution in [0.15, 0.2) is 18.2 Å². The topological polar surface area (TPSA) is 56.0 Å². The molecule has 0 aliphatic rings. The maximum absolute atomic E-state index is 9.15. The Labute approximate surface area is 109 Å². The third-order valence-electron chi connectivity index (χ3n) is 3.09. The van der Waals surface area contributed by atoms with Crippen molar-refractivity contribution >= 4 is 5.69 Å². The minimum atomic E-state index is 0.0281. The first kappa shape index (κ1) is 14.5. The zero-order valence-corrected chi connectivity index (χ0v) is 11.6. The first-order valence-corrected chi connectivity index (χ1v) is 6.26. The Hall–Kier alpha value is -1.53. The van der Waals surface area contributed by atoms with Gasteiger partial charge in [0.15, 0.2) is 0 Å². The van der Waals surface area contributed by atoms with Gasteiger partial charge in [-0.2, -0.15) is 5.26 Å². The van der Waals surface area contributed by atoms with Gasteiger partial charge in [0.2, 0.25) is 0 Å². The van der Waals surface area contributed by atoms with Crippen LogP contribution < -0.4 is 5.32 Å². The first-order chi connectivity index (χ1) is 8.38. The summed E-state index contributed by atoms with van der Waals surface area (Å²) in [5.74, 6) is 0. The van der Waals surface area contributed by atoms with Crippen molar-refractivity contribution in [2.75, 3.05) is 11.9 Å². The molecule has 0 aromatic heterocycles. The highest BCUT2D eigenvalue weighted by Gasteiger charge is 2.24. The van der Waals surface area contributed by atoms with Crippen LogP contribution in [0, 0.1) is 23.7 Å². The summed E-state index contributed by atoms with van der Waals surface area (Å²) in [6.07, 6.45) is 0.669. The quantitative estimate of drug-likeness (QED) is 0.858. The number of hydrogen-bond donors (Lipinski definition) is 2. The van der Waals surface area contributed by atoms with Gasteiger partial charge in [0.05, 0.1) is 11.3 Å². The molecule has 0 saturated carbocycles. The zero-order chi connectivity index (χ0) is 13.8. The van der Waals surface area contributed by atoms with E-state index in [1.54, 1.807) is 0 Å². The van der Waals surface area contributed by atoms with E-state index in [0.29, 0.717) is 12.0 Å². The fourth-order valence-electron chi connectivity index (χ4n) is 1.91. The molecule has 0 aliphatic carbocycles. The van der Waals surface area contributed by atoms with Crippen LogP contribution in [-0.4, -0.2) is 17.8 Å². The second kappa shape index (κ2) is 5.88. The summed E-state index contributed by atoms with van der Waals surface area (Å²) in [7, 11) is 0. The number of rotatable bonds is 4. The Kier molecular flexibility index (Phi) is 4.75.